The maximum Gasteiger partial charge on any atom is 0.0636 e. The third kappa shape index (κ3) is 4.40. The summed E-state index contributed by atoms with van der Waals surface area (Å²) in [6.45, 7) is 5.57. The Bertz CT molecular complexity index is 148. The topological polar surface area (TPSA) is 41.5 Å². The second-order valence-electron chi connectivity index (χ2n) is 4.26. The van der Waals surface area contributed by atoms with Crippen molar-refractivity contribution in [3.8, 4) is 0 Å². The molecule has 0 saturated carbocycles. The molecule has 1 saturated heterocycles. The van der Waals surface area contributed by atoms with Gasteiger partial charge in [0.25, 0.3) is 0 Å². The van der Waals surface area contributed by atoms with E-state index in [1.165, 1.54) is 6.42 Å². The van der Waals surface area contributed by atoms with Crippen LogP contribution in [0.5, 0.6) is 0 Å². The van der Waals surface area contributed by atoms with Crippen molar-refractivity contribution >= 4 is 0 Å². The Kier molecular flexibility index (Phi) is 5.45. The summed E-state index contributed by atoms with van der Waals surface area (Å²) < 4.78 is 5.65. The molecule has 1 rings (SSSR count). The first kappa shape index (κ1) is 12.0. The molecule has 0 aromatic carbocycles. The summed E-state index contributed by atoms with van der Waals surface area (Å²) in [6, 6.07) is 0.537. The molecular weight excluding hydrogens is 178 g/mol. The zero-order valence-corrected chi connectivity index (χ0v) is 9.33. The van der Waals surface area contributed by atoms with Crippen molar-refractivity contribution in [2.45, 2.75) is 57.8 Å². The molecule has 0 bridgehead atoms. The Hall–Kier alpha value is -0.120. The van der Waals surface area contributed by atoms with E-state index in [9.17, 15) is 0 Å². The van der Waals surface area contributed by atoms with Crippen LogP contribution in [0.2, 0.25) is 0 Å². The molecule has 2 unspecified atom stereocenters. The van der Waals surface area contributed by atoms with Crippen LogP contribution in [0, 0.1) is 0 Å². The van der Waals surface area contributed by atoms with Gasteiger partial charge in [-0.3, -0.25) is 0 Å². The Morgan fingerprint density at radius 1 is 1.57 bits per heavy atom. The molecule has 0 aromatic rings. The van der Waals surface area contributed by atoms with Crippen molar-refractivity contribution < 1.29 is 9.84 Å². The Labute approximate surface area is 86.8 Å². The molecule has 0 radical (unpaired) electrons. The highest BCUT2D eigenvalue weighted by molar-refractivity contribution is 4.77. The summed E-state index contributed by atoms with van der Waals surface area (Å²) in [5, 5.41) is 12.5. The fourth-order valence-electron chi connectivity index (χ4n) is 1.93. The maximum absolute atomic E-state index is 9.16. The molecule has 0 spiro atoms. The van der Waals surface area contributed by atoms with Crippen LogP contribution in [0.1, 0.15) is 39.5 Å². The van der Waals surface area contributed by atoms with Crippen molar-refractivity contribution in [1.82, 2.24) is 5.32 Å². The summed E-state index contributed by atoms with van der Waals surface area (Å²) in [7, 11) is 0. The standard InChI is InChI=1S/C11H23NO2/c1-3-4-11-7-10(5-6-14-11)12-8-9(2)13/h9-13H,3-8H2,1-2H3/t9-,10?,11?/m0/s1. The molecule has 1 aliphatic rings. The summed E-state index contributed by atoms with van der Waals surface area (Å²) >= 11 is 0. The van der Waals surface area contributed by atoms with Gasteiger partial charge in [0.2, 0.25) is 0 Å². The van der Waals surface area contributed by atoms with Crippen LogP contribution in [0.3, 0.4) is 0 Å². The largest absolute Gasteiger partial charge is 0.392 e. The molecule has 3 heteroatoms. The van der Waals surface area contributed by atoms with Gasteiger partial charge >= 0.3 is 0 Å². The van der Waals surface area contributed by atoms with E-state index in [4.69, 9.17) is 9.84 Å². The van der Waals surface area contributed by atoms with Crippen LogP contribution in [0.4, 0.5) is 0 Å². The van der Waals surface area contributed by atoms with Crippen molar-refractivity contribution in [2.75, 3.05) is 13.2 Å². The predicted octanol–water partition coefficient (Wildman–Crippen LogP) is 1.30. The van der Waals surface area contributed by atoms with E-state index in [0.29, 0.717) is 18.7 Å². The van der Waals surface area contributed by atoms with E-state index >= 15 is 0 Å². The molecule has 2 N–H and O–H groups in total. The van der Waals surface area contributed by atoms with Crippen LogP contribution < -0.4 is 5.32 Å². The van der Waals surface area contributed by atoms with Crippen LogP contribution in [0.15, 0.2) is 0 Å². The monoisotopic (exact) mass is 201 g/mol. The molecule has 84 valence electrons. The highest BCUT2D eigenvalue weighted by atomic mass is 16.5. The van der Waals surface area contributed by atoms with E-state index < -0.39 is 0 Å². The molecule has 1 fully saturated rings. The molecule has 0 amide bonds. The van der Waals surface area contributed by atoms with Gasteiger partial charge in [-0.05, 0) is 26.2 Å². The van der Waals surface area contributed by atoms with Crippen LogP contribution in [-0.2, 0) is 4.74 Å². The van der Waals surface area contributed by atoms with E-state index in [-0.39, 0.29) is 6.10 Å². The smallest absolute Gasteiger partial charge is 0.0636 e. The fraction of sp³-hybridized carbons (Fsp3) is 1.00. The zero-order chi connectivity index (χ0) is 10.4. The lowest BCUT2D eigenvalue weighted by atomic mass is 10.00. The number of hydrogen-bond donors (Lipinski definition) is 2. The van der Waals surface area contributed by atoms with Crippen molar-refractivity contribution in [2.24, 2.45) is 0 Å². The van der Waals surface area contributed by atoms with Gasteiger partial charge in [-0.1, -0.05) is 13.3 Å². The average molecular weight is 201 g/mol. The highest BCUT2D eigenvalue weighted by Gasteiger charge is 2.21. The Morgan fingerprint density at radius 3 is 3.00 bits per heavy atom. The molecule has 3 atom stereocenters. The third-order valence-corrected chi connectivity index (χ3v) is 2.68. The van der Waals surface area contributed by atoms with E-state index in [0.717, 1.165) is 25.9 Å². The van der Waals surface area contributed by atoms with Gasteiger partial charge in [0.05, 0.1) is 12.2 Å². The molecule has 14 heavy (non-hydrogen) atoms. The number of aliphatic hydroxyl groups is 1. The molecule has 1 aliphatic heterocycles. The number of nitrogens with one attached hydrogen (secondary N) is 1. The van der Waals surface area contributed by atoms with Crippen LogP contribution in [-0.4, -0.2) is 36.5 Å². The van der Waals surface area contributed by atoms with Gasteiger partial charge in [0, 0.05) is 19.2 Å². The van der Waals surface area contributed by atoms with Crippen molar-refractivity contribution in [1.29, 1.82) is 0 Å². The second-order valence-corrected chi connectivity index (χ2v) is 4.26. The molecule has 1 heterocycles. The SMILES string of the molecule is CCCC1CC(NC[C@H](C)O)CCO1. The van der Waals surface area contributed by atoms with Gasteiger partial charge in [0.1, 0.15) is 0 Å². The second kappa shape index (κ2) is 6.38. The summed E-state index contributed by atoms with van der Waals surface area (Å²) in [4.78, 5) is 0. The molecule has 0 aromatic heterocycles. The van der Waals surface area contributed by atoms with Gasteiger partial charge in [-0.15, -0.1) is 0 Å². The van der Waals surface area contributed by atoms with Gasteiger partial charge in [0.15, 0.2) is 0 Å². The lowest BCUT2D eigenvalue weighted by molar-refractivity contribution is -0.00474. The molecular formula is C11H23NO2. The first-order chi connectivity index (χ1) is 6.72. The maximum atomic E-state index is 9.16. The zero-order valence-electron chi connectivity index (χ0n) is 9.33. The lowest BCUT2D eigenvalue weighted by Gasteiger charge is -2.30. The fourth-order valence-corrected chi connectivity index (χ4v) is 1.93. The van der Waals surface area contributed by atoms with E-state index in [2.05, 4.69) is 12.2 Å². The van der Waals surface area contributed by atoms with E-state index in [1.807, 2.05) is 6.92 Å². The van der Waals surface area contributed by atoms with Crippen molar-refractivity contribution in [3.05, 3.63) is 0 Å². The minimum atomic E-state index is -0.248. The minimum Gasteiger partial charge on any atom is -0.392 e. The summed E-state index contributed by atoms with van der Waals surface area (Å²) in [5.74, 6) is 0. The van der Waals surface area contributed by atoms with Gasteiger partial charge < -0.3 is 15.2 Å². The summed E-state index contributed by atoms with van der Waals surface area (Å²) in [6.07, 6.45) is 4.71. The van der Waals surface area contributed by atoms with Crippen molar-refractivity contribution in [3.63, 3.8) is 0 Å². The third-order valence-electron chi connectivity index (χ3n) is 2.68. The average Bonchev–Trinajstić information content (AvgIpc) is 2.16. The first-order valence-corrected chi connectivity index (χ1v) is 5.75. The Balaban J connectivity index is 2.18. The molecule has 3 nitrogen and oxygen atoms in total. The predicted molar refractivity (Wildman–Crippen MR) is 57.4 cm³/mol. The quantitative estimate of drug-likeness (QED) is 0.704. The van der Waals surface area contributed by atoms with Gasteiger partial charge in [-0.25, -0.2) is 0 Å². The number of aliphatic hydroxyl groups excluding tert-OH is 1. The lowest BCUT2D eigenvalue weighted by Crippen LogP contribution is -2.41. The molecule has 0 aliphatic carbocycles. The highest BCUT2D eigenvalue weighted by Crippen LogP contribution is 2.17. The van der Waals surface area contributed by atoms with E-state index in [1.54, 1.807) is 0 Å². The summed E-state index contributed by atoms with van der Waals surface area (Å²) in [5.41, 5.74) is 0. The normalized spacial score (nSPS) is 30.2. The van der Waals surface area contributed by atoms with Crippen LogP contribution in [0.25, 0.3) is 0 Å². The van der Waals surface area contributed by atoms with Gasteiger partial charge in [-0.2, -0.15) is 0 Å². The first-order valence-electron chi connectivity index (χ1n) is 5.75. The number of ether oxygens (including phenoxy) is 1. The Morgan fingerprint density at radius 2 is 2.36 bits per heavy atom. The number of hydrogen-bond acceptors (Lipinski definition) is 3. The van der Waals surface area contributed by atoms with Crippen LogP contribution >= 0.6 is 0 Å². The number of rotatable bonds is 5. The minimum absolute atomic E-state index is 0.248.